The highest BCUT2D eigenvalue weighted by molar-refractivity contribution is 6.40. The van der Waals surface area contributed by atoms with Crippen molar-refractivity contribution in [1.82, 2.24) is 5.43 Å². The molecule has 25 heavy (non-hydrogen) atoms. The number of hydrogen-bond donors (Lipinski definition) is 3. The number of hydrazone groups is 1. The Morgan fingerprint density at radius 2 is 1.60 bits per heavy atom. The first-order valence-electron chi connectivity index (χ1n) is 7.55. The summed E-state index contributed by atoms with van der Waals surface area (Å²) in [7, 11) is 0. The zero-order valence-electron chi connectivity index (χ0n) is 13.1. The monoisotopic (exact) mass is 333 g/mol. The largest absolute Gasteiger partial charge is 0.508 e. The molecular formula is C19H15N3O3. The molecule has 0 bridgehead atoms. The third-order valence-electron chi connectivity index (χ3n) is 3.52. The van der Waals surface area contributed by atoms with Gasteiger partial charge in [0.15, 0.2) is 0 Å². The first-order chi connectivity index (χ1) is 12.1. The highest BCUT2D eigenvalue weighted by Gasteiger charge is 2.14. The van der Waals surface area contributed by atoms with Crippen LogP contribution in [-0.2, 0) is 9.59 Å². The van der Waals surface area contributed by atoms with Crippen LogP contribution >= 0.6 is 0 Å². The van der Waals surface area contributed by atoms with Gasteiger partial charge in [0.25, 0.3) is 0 Å². The molecule has 3 rings (SSSR count). The minimum atomic E-state index is -0.872. The lowest BCUT2D eigenvalue weighted by Crippen LogP contribution is -2.32. The van der Waals surface area contributed by atoms with Gasteiger partial charge in [0, 0.05) is 11.1 Å². The second kappa shape index (κ2) is 7.27. The zero-order valence-corrected chi connectivity index (χ0v) is 13.1. The second-order valence-electron chi connectivity index (χ2n) is 5.27. The Bertz CT molecular complexity index is 944. The molecule has 6 nitrogen and oxygen atoms in total. The molecule has 6 heteroatoms. The van der Waals surface area contributed by atoms with Crippen molar-refractivity contribution in [3.8, 4) is 5.75 Å². The molecule has 0 saturated carbocycles. The molecule has 0 aliphatic heterocycles. The van der Waals surface area contributed by atoms with E-state index >= 15 is 0 Å². The average molecular weight is 333 g/mol. The van der Waals surface area contributed by atoms with Crippen LogP contribution in [-0.4, -0.2) is 23.1 Å². The number of benzene rings is 3. The number of aromatic hydroxyl groups is 1. The Morgan fingerprint density at radius 3 is 2.40 bits per heavy atom. The first kappa shape index (κ1) is 16.2. The van der Waals surface area contributed by atoms with Crippen molar-refractivity contribution in [3.05, 3.63) is 72.3 Å². The molecule has 0 saturated heterocycles. The van der Waals surface area contributed by atoms with Gasteiger partial charge in [-0.2, -0.15) is 5.10 Å². The summed E-state index contributed by atoms with van der Waals surface area (Å²) in [6.07, 6.45) is 1.38. The van der Waals surface area contributed by atoms with E-state index in [9.17, 15) is 14.7 Å². The van der Waals surface area contributed by atoms with Crippen molar-refractivity contribution in [2.45, 2.75) is 0 Å². The standard InChI is InChI=1S/C19H15N3O3/c23-15-10-8-13(9-11-15)12-20-22-19(25)18(24)21-17-7-3-5-14-4-1-2-6-16(14)17/h1-12,23H,(H,21,24)(H,22,25)/b20-12-. The van der Waals surface area contributed by atoms with Gasteiger partial charge in [-0.15, -0.1) is 0 Å². The van der Waals surface area contributed by atoms with Gasteiger partial charge in [-0.25, -0.2) is 5.43 Å². The summed E-state index contributed by atoms with van der Waals surface area (Å²) in [5.41, 5.74) is 3.40. The summed E-state index contributed by atoms with van der Waals surface area (Å²) < 4.78 is 0. The molecule has 3 aromatic rings. The molecule has 0 unspecified atom stereocenters. The minimum absolute atomic E-state index is 0.135. The molecule has 0 atom stereocenters. The van der Waals surface area contributed by atoms with Crippen molar-refractivity contribution in [3.63, 3.8) is 0 Å². The van der Waals surface area contributed by atoms with Gasteiger partial charge in [0.1, 0.15) is 5.75 Å². The zero-order chi connectivity index (χ0) is 17.6. The minimum Gasteiger partial charge on any atom is -0.508 e. The lowest BCUT2D eigenvalue weighted by Gasteiger charge is -2.07. The number of amides is 2. The van der Waals surface area contributed by atoms with Gasteiger partial charge in [0.05, 0.1) is 6.21 Å². The number of rotatable bonds is 3. The molecule has 0 radical (unpaired) electrons. The van der Waals surface area contributed by atoms with Gasteiger partial charge in [0.2, 0.25) is 0 Å². The highest BCUT2D eigenvalue weighted by Crippen LogP contribution is 2.22. The number of anilines is 1. The third kappa shape index (κ3) is 4.00. The Balaban J connectivity index is 1.64. The van der Waals surface area contributed by atoms with E-state index in [0.717, 1.165) is 10.8 Å². The predicted molar refractivity (Wildman–Crippen MR) is 96.4 cm³/mol. The molecule has 3 aromatic carbocycles. The van der Waals surface area contributed by atoms with E-state index in [1.54, 1.807) is 24.3 Å². The fourth-order valence-electron chi connectivity index (χ4n) is 2.29. The molecule has 0 aromatic heterocycles. The van der Waals surface area contributed by atoms with Crippen LogP contribution in [0.2, 0.25) is 0 Å². The van der Waals surface area contributed by atoms with E-state index in [2.05, 4.69) is 15.8 Å². The van der Waals surface area contributed by atoms with Crippen molar-refractivity contribution < 1.29 is 14.7 Å². The summed E-state index contributed by atoms with van der Waals surface area (Å²) in [6, 6.07) is 19.3. The number of fused-ring (bicyclic) bond motifs is 1. The Kier molecular flexibility index (Phi) is 4.71. The van der Waals surface area contributed by atoms with Crippen LogP contribution in [0.4, 0.5) is 5.69 Å². The molecule has 0 fully saturated rings. The number of carbonyl (C=O) groups excluding carboxylic acids is 2. The van der Waals surface area contributed by atoms with Gasteiger partial charge in [-0.1, -0.05) is 36.4 Å². The van der Waals surface area contributed by atoms with Crippen molar-refractivity contribution in [1.29, 1.82) is 0 Å². The predicted octanol–water partition coefficient (Wildman–Crippen LogP) is 2.63. The van der Waals surface area contributed by atoms with Crippen LogP contribution in [0.1, 0.15) is 5.56 Å². The molecule has 124 valence electrons. The van der Waals surface area contributed by atoms with E-state index in [1.165, 1.54) is 18.3 Å². The first-order valence-corrected chi connectivity index (χ1v) is 7.55. The Hall–Kier alpha value is -3.67. The second-order valence-corrected chi connectivity index (χ2v) is 5.27. The maximum atomic E-state index is 12.0. The van der Waals surface area contributed by atoms with E-state index < -0.39 is 11.8 Å². The number of nitrogens with zero attached hydrogens (tertiary/aromatic N) is 1. The van der Waals surface area contributed by atoms with Crippen LogP contribution in [0.25, 0.3) is 10.8 Å². The van der Waals surface area contributed by atoms with E-state index in [-0.39, 0.29) is 5.75 Å². The maximum absolute atomic E-state index is 12.0. The number of hydrogen-bond acceptors (Lipinski definition) is 4. The van der Waals surface area contributed by atoms with Crippen LogP contribution < -0.4 is 10.7 Å². The molecule has 0 spiro atoms. The Labute approximate surface area is 143 Å². The normalized spacial score (nSPS) is 10.7. The van der Waals surface area contributed by atoms with Crippen molar-refractivity contribution in [2.24, 2.45) is 5.10 Å². The summed E-state index contributed by atoms with van der Waals surface area (Å²) >= 11 is 0. The van der Waals surface area contributed by atoms with Crippen LogP contribution in [0.5, 0.6) is 5.75 Å². The highest BCUT2D eigenvalue weighted by atomic mass is 16.3. The number of carbonyl (C=O) groups is 2. The number of phenols is 1. The van der Waals surface area contributed by atoms with Gasteiger partial charge in [-0.3, -0.25) is 9.59 Å². The van der Waals surface area contributed by atoms with E-state index in [1.807, 2.05) is 30.3 Å². The molecule has 0 aliphatic carbocycles. The quantitative estimate of drug-likeness (QED) is 0.391. The van der Waals surface area contributed by atoms with Gasteiger partial charge < -0.3 is 10.4 Å². The molecule has 0 heterocycles. The van der Waals surface area contributed by atoms with Gasteiger partial charge >= 0.3 is 11.8 Å². The Morgan fingerprint density at radius 1 is 0.880 bits per heavy atom. The molecule has 0 aliphatic rings. The lowest BCUT2D eigenvalue weighted by atomic mass is 10.1. The average Bonchev–Trinajstić information content (AvgIpc) is 2.63. The van der Waals surface area contributed by atoms with E-state index in [0.29, 0.717) is 11.3 Å². The van der Waals surface area contributed by atoms with Crippen molar-refractivity contribution >= 4 is 34.5 Å². The van der Waals surface area contributed by atoms with E-state index in [4.69, 9.17) is 0 Å². The smallest absolute Gasteiger partial charge is 0.329 e. The molecule has 2 amide bonds. The van der Waals surface area contributed by atoms with Gasteiger partial charge in [-0.05, 0) is 41.3 Å². The molecule has 3 N–H and O–H groups in total. The lowest BCUT2D eigenvalue weighted by molar-refractivity contribution is -0.136. The fraction of sp³-hybridized carbons (Fsp3) is 0. The molecular weight excluding hydrogens is 318 g/mol. The topological polar surface area (TPSA) is 90.8 Å². The summed E-state index contributed by atoms with van der Waals surface area (Å²) in [5, 5.41) is 17.3. The summed E-state index contributed by atoms with van der Waals surface area (Å²) in [4.78, 5) is 23.9. The summed E-state index contributed by atoms with van der Waals surface area (Å²) in [6.45, 7) is 0. The third-order valence-corrected chi connectivity index (χ3v) is 3.52. The van der Waals surface area contributed by atoms with Crippen LogP contribution in [0, 0.1) is 0 Å². The van der Waals surface area contributed by atoms with Crippen LogP contribution in [0.3, 0.4) is 0 Å². The fourth-order valence-corrected chi connectivity index (χ4v) is 2.29. The van der Waals surface area contributed by atoms with Crippen molar-refractivity contribution in [2.75, 3.05) is 5.32 Å². The number of phenolic OH excluding ortho intramolecular Hbond substituents is 1. The number of nitrogens with one attached hydrogen (secondary N) is 2. The SMILES string of the molecule is O=C(N/N=C\c1ccc(O)cc1)C(=O)Nc1cccc2ccccc12. The summed E-state index contributed by atoms with van der Waals surface area (Å²) in [5.74, 6) is -1.54. The maximum Gasteiger partial charge on any atom is 0.329 e. The van der Waals surface area contributed by atoms with Crippen LogP contribution in [0.15, 0.2) is 71.8 Å².